The fraction of sp³-hybridized carbons (Fsp3) is 0.138. The number of hydrogen-bond acceptors (Lipinski definition) is 5. The molecule has 0 spiro atoms. The van der Waals surface area contributed by atoms with Gasteiger partial charge in [-0.3, -0.25) is 13.8 Å². The van der Waals surface area contributed by atoms with Crippen LogP contribution >= 0.6 is 0 Å². The summed E-state index contributed by atoms with van der Waals surface area (Å²) in [7, 11) is -8.05. The number of rotatable bonds is 9. The monoisotopic (exact) mass is 581 g/mol. The van der Waals surface area contributed by atoms with Gasteiger partial charge in [-0.1, -0.05) is 23.8 Å². The Morgan fingerprint density at radius 1 is 0.725 bits per heavy atom. The van der Waals surface area contributed by atoms with Crippen LogP contribution in [0.2, 0.25) is 0 Å². The molecule has 4 aromatic rings. The molecular formula is C29H28FN3O5S2. The van der Waals surface area contributed by atoms with Gasteiger partial charge >= 0.3 is 0 Å². The SMILES string of the molecule is Cc1ccc(S(=O)(=O)N(CC(=O)Nc2ccc(S(=O)(=O)Nc3ccc(C)c(C)c3)cc2)c2ccc(F)cc2)cc1. The minimum atomic E-state index is -4.17. The fourth-order valence-electron chi connectivity index (χ4n) is 3.83. The van der Waals surface area contributed by atoms with Crippen molar-refractivity contribution < 1.29 is 26.0 Å². The summed E-state index contributed by atoms with van der Waals surface area (Å²) in [6, 6.07) is 21.6. The molecule has 0 fully saturated rings. The Balaban J connectivity index is 1.52. The molecule has 4 aromatic carbocycles. The van der Waals surface area contributed by atoms with E-state index in [4.69, 9.17) is 0 Å². The molecule has 1 amide bonds. The summed E-state index contributed by atoms with van der Waals surface area (Å²) in [4.78, 5) is 12.9. The van der Waals surface area contributed by atoms with E-state index in [1.54, 1.807) is 24.3 Å². The zero-order valence-corrected chi connectivity index (χ0v) is 23.7. The summed E-state index contributed by atoms with van der Waals surface area (Å²) in [5, 5.41) is 2.59. The highest BCUT2D eigenvalue weighted by molar-refractivity contribution is 7.93. The Kier molecular flexibility index (Phi) is 8.26. The number of anilines is 3. The zero-order chi connectivity index (χ0) is 29.1. The number of halogens is 1. The van der Waals surface area contributed by atoms with E-state index in [1.807, 2.05) is 26.8 Å². The van der Waals surface area contributed by atoms with Crippen LogP contribution in [0.15, 0.2) is 101 Å². The lowest BCUT2D eigenvalue weighted by Gasteiger charge is -2.24. The van der Waals surface area contributed by atoms with Crippen LogP contribution < -0.4 is 14.3 Å². The third-order valence-corrected chi connectivity index (χ3v) is 9.40. The quantitative estimate of drug-likeness (QED) is 0.275. The third-order valence-electron chi connectivity index (χ3n) is 6.22. The van der Waals surface area contributed by atoms with E-state index < -0.39 is 38.3 Å². The molecule has 208 valence electrons. The molecule has 0 bridgehead atoms. The van der Waals surface area contributed by atoms with Crippen molar-refractivity contribution in [3.05, 3.63) is 114 Å². The largest absolute Gasteiger partial charge is 0.325 e. The van der Waals surface area contributed by atoms with Gasteiger partial charge in [0.05, 0.1) is 15.5 Å². The van der Waals surface area contributed by atoms with E-state index in [-0.39, 0.29) is 21.2 Å². The number of amides is 1. The summed E-state index contributed by atoms with van der Waals surface area (Å²) in [5.41, 5.74) is 3.64. The van der Waals surface area contributed by atoms with E-state index in [9.17, 15) is 26.0 Å². The second-order valence-corrected chi connectivity index (χ2v) is 12.8. The Hall–Kier alpha value is -4.22. The molecule has 0 aliphatic heterocycles. The minimum Gasteiger partial charge on any atom is -0.325 e. The molecule has 2 N–H and O–H groups in total. The van der Waals surface area contributed by atoms with Crippen molar-refractivity contribution in [1.82, 2.24) is 0 Å². The number of nitrogens with one attached hydrogen (secondary N) is 2. The predicted molar refractivity (Wildman–Crippen MR) is 154 cm³/mol. The number of carbonyl (C=O) groups excluding carboxylic acids is 1. The summed E-state index contributed by atoms with van der Waals surface area (Å²) in [6.07, 6.45) is 0. The number of aryl methyl sites for hydroxylation is 3. The van der Waals surface area contributed by atoms with E-state index in [0.29, 0.717) is 5.69 Å². The average Bonchev–Trinajstić information content (AvgIpc) is 2.90. The van der Waals surface area contributed by atoms with Crippen LogP contribution in [0, 0.1) is 26.6 Å². The molecule has 8 nitrogen and oxygen atoms in total. The van der Waals surface area contributed by atoms with Crippen molar-refractivity contribution in [2.45, 2.75) is 30.6 Å². The summed E-state index contributed by atoms with van der Waals surface area (Å²) < 4.78 is 69.5. The van der Waals surface area contributed by atoms with Crippen LogP contribution in [0.1, 0.15) is 16.7 Å². The maximum Gasteiger partial charge on any atom is 0.264 e. The average molecular weight is 582 g/mol. The van der Waals surface area contributed by atoms with Crippen molar-refractivity contribution in [3.8, 4) is 0 Å². The first-order chi connectivity index (χ1) is 18.8. The Labute approximate surface area is 233 Å². The second-order valence-electron chi connectivity index (χ2n) is 9.28. The summed E-state index contributed by atoms with van der Waals surface area (Å²) in [5.74, 6) is -1.23. The molecule has 0 aliphatic carbocycles. The maximum atomic E-state index is 13.5. The Morgan fingerprint density at radius 2 is 1.30 bits per heavy atom. The number of sulfonamides is 2. The first kappa shape index (κ1) is 28.8. The van der Waals surface area contributed by atoms with Gasteiger partial charge in [-0.15, -0.1) is 0 Å². The molecule has 0 saturated carbocycles. The standard InChI is InChI=1S/C29H28FN3O5S2/c1-20-4-14-28(15-5-20)40(37,38)33(26-12-7-23(30)8-13-26)19-29(34)31-24-10-16-27(17-11-24)39(35,36)32-25-9-6-21(2)22(3)18-25/h4-18,32H,19H2,1-3H3,(H,31,34). The zero-order valence-electron chi connectivity index (χ0n) is 22.1. The highest BCUT2D eigenvalue weighted by Crippen LogP contribution is 2.25. The first-order valence-corrected chi connectivity index (χ1v) is 15.1. The van der Waals surface area contributed by atoms with Crippen molar-refractivity contribution in [2.75, 3.05) is 20.9 Å². The minimum absolute atomic E-state index is 0.0152. The first-order valence-electron chi connectivity index (χ1n) is 12.2. The number of hydrogen-bond donors (Lipinski definition) is 2. The molecular weight excluding hydrogens is 553 g/mol. The maximum absolute atomic E-state index is 13.5. The lowest BCUT2D eigenvalue weighted by molar-refractivity contribution is -0.114. The van der Waals surface area contributed by atoms with Crippen LogP contribution in [-0.4, -0.2) is 29.3 Å². The predicted octanol–water partition coefficient (Wildman–Crippen LogP) is 5.39. The van der Waals surface area contributed by atoms with Gasteiger partial charge in [-0.25, -0.2) is 21.2 Å². The van der Waals surface area contributed by atoms with Gasteiger partial charge in [0, 0.05) is 11.4 Å². The molecule has 0 unspecified atom stereocenters. The number of carbonyl (C=O) groups is 1. The summed E-state index contributed by atoms with van der Waals surface area (Å²) >= 11 is 0. The van der Waals surface area contributed by atoms with E-state index in [2.05, 4.69) is 10.0 Å². The van der Waals surface area contributed by atoms with Crippen molar-refractivity contribution in [3.63, 3.8) is 0 Å². The third kappa shape index (κ3) is 6.67. The van der Waals surface area contributed by atoms with Crippen molar-refractivity contribution in [2.24, 2.45) is 0 Å². The molecule has 0 radical (unpaired) electrons. The van der Waals surface area contributed by atoms with Crippen LogP contribution in [0.25, 0.3) is 0 Å². The highest BCUT2D eigenvalue weighted by Gasteiger charge is 2.27. The van der Waals surface area contributed by atoms with E-state index in [0.717, 1.165) is 33.1 Å². The lowest BCUT2D eigenvalue weighted by atomic mass is 10.1. The lowest BCUT2D eigenvalue weighted by Crippen LogP contribution is -2.38. The van der Waals surface area contributed by atoms with E-state index in [1.165, 1.54) is 48.5 Å². The topological polar surface area (TPSA) is 113 Å². The Morgan fingerprint density at radius 3 is 1.90 bits per heavy atom. The second kappa shape index (κ2) is 11.5. The van der Waals surface area contributed by atoms with Crippen molar-refractivity contribution in [1.29, 1.82) is 0 Å². The number of benzene rings is 4. The molecule has 0 atom stereocenters. The van der Waals surface area contributed by atoms with Gasteiger partial charge in [0.2, 0.25) is 5.91 Å². The van der Waals surface area contributed by atoms with Crippen molar-refractivity contribution >= 4 is 43.0 Å². The van der Waals surface area contributed by atoms with Gasteiger partial charge in [-0.05, 0) is 105 Å². The molecule has 0 aliphatic rings. The molecule has 0 saturated heterocycles. The van der Waals surface area contributed by atoms with Gasteiger partial charge in [-0.2, -0.15) is 0 Å². The normalized spacial score (nSPS) is 11.6. The highest BCUT2D eigenvalue weighted by atomic mass is 32.2. The Bertz CT molecular complexity index is 1740. The van der Waals surface area contributed by atoms with Crippen LogP contribution in [0.5, 0.6) is 0 Å². The molecule has 0 heterocycles. The van der Waals surface area contributed by atoms with Crippen LogP contribution in [0.4, 0.5) is 21.5 Å². The summed E-state index contributed by atoms with van der Waals surface area (Å²) in [6.45, 7) is 5.03. The smallest absolute Gasteiger partial charge is 0.264 e. The van der Waals surface area contributed by atoms with Crippen LogP contribution in [-0.2, 0) is 24.8 Å². The van der Waals surface area contributed by atoms with Gasteiger partial charge in [0.1, 0.15) is 12.4 Å². The van der Waals surface area contributed by atoms with Gasteiger partial charge < -0.3 is 5.32 Å². The molecule has 4 rings (SSSR count). The molecule has 11 heteroatoms. The van der Waals surface area contributed by atoms with Gasteiger partial charge in [0.15, 0.2) is 0 Å². The molecule has 40 heavy (non-hydrogen) atoms. The van der Waals surface area contributed by atoms with E-state index >= 15 is 0 Å². The molecule has 0 aromatic heterocycles. The van der Waals surface area contributed by atoms with Crippen LogP contribution in [0.3, 0.4) is 0 Å². The van der Waals surface area contributed by atoms with Gasteiger partial charge in [0.25, 0.3) is 20.0 Å². The number of nitrogens with zero attached hydrogens (tertiary/aromatic N) is 1. The fourth-order valence-corrected chi connectivity index (χ4v) is 6.30.